The lowest BCUT2D eigenvalue weighted by Crippen LogP contribution is -2.34. The molecule has 5 heteroatoms. The maximum absolute atomic E-state index is 13.0. The fraction of sp³-hybridized carbons (Fsp3) is 0.700. The van der Waals surface area contributed by atoms with Crippen LogP contribution in [-0.2, 0) is 14.3 Å². The molecule has 15 heavy (non-hydrogen) atoms. The maximum Gasteiger partial charge on any atom is 0.309 e. The molecule has 0 saturated heterocycles. The zero-order chi connectivity index (χ0) is 11.2. The van der Waals surface area contributed by atoms with E-state index >= 15 is 0 Å². The molecular formula is C10H12F2O3. The summed E-state index contributed by atoms with van der Waals surface area (Å²) in [5.74, 6) is -3.75. The Morgan fingerprint density at radius 3 is 2.60 bits per heavy atom. The first-order valence-corrected chi connectivity index (χ1v) is 4.74. The lowest BCUT2D eigenvalue weighted by Gasteiger charge is -2.31. The Bertz CT molecular complexity index is 336. The van der Waals surface area contributed by atoms with Gasteiger partial charge in [-0.15, -0.1) is 0 Å². The topological polar surface area (TPSA) is 35.5 Å². The molecule has 2 rings (SSSR count). The number of rotatable bonds is 3. The predicted octanol–water partition coefficient (Wildman–Crippen LogP) is 1.74. The molecule has 0 unspecified atom stereocenters. The molecule has 0 radical (unpaired) electrons. The molecule has 1 saturated carbocycles. The lowest BCUT2D eigenvalue weighted by molar-refractivity contribution is -0.142. The number of halogens is 2. The minimum absolute atomic E-state index is 0.0907. The van der Waals surface area contributed by atoms with E-state index in [1.807, 2.05) is 0 Å². The highest BCUT2D eigenvalue weighted by Crippen LogP contribution is 2.56. The quantitative estimate of drug-likeness (QED) is 0.677. The lowest BCUT2D eigenvalue weighted by atomic mass is 9.87. The van der Waals surface area contributed by atoms with Gasteiger partial charge in [0, 0.05) is 6.42 Å². The second kappa shape index (κ2) is 3.18. The Morgan fingerprint density at radius 1 is 1.47 bits per heavy atom. The second-order valence-corrected chi connectivity index (χ2v) is 3.91. The highest BCUT2D eigenvalue weighted by molar-refractivity contribution is 5.76. The summed E-state index contributed by atoms with van der Waals surface area (Å²) in [5.41, 5.74) is 0.581. The molecule has 3 nitrogen and oxygen atoms in total. The Morgan fingerprint density at radius 2 is 2.13 bits per heavy atom. The van der Waals surface area contributed by atoms with Crippen molar-refractivity contribution in [2.75, 3.05) is 14.2 Å². The number of hydrogen-bond acceptors (Lipinski definition) is 3. The molecule has 2 aliphatic carbocycles. The van der Waals surface area contributed by atoms with Gasteiger partial charge in [-0.25, -0.2) is 0 Å². The number of carbonyl (C=O) groups excluding carboxylic acids is 1. The fourth-order valence-corrected chi connectivity index (χ4v) is 2.10. The molecule has 0 N–H and O–H groups in total. The third kappa shape index (κ3) is 1.50. The van der Waals surface area contributed by atoms with Crippen molar-refractivity contribution < 1.29 is 23.0 Å². The van der Waals surface area contributed by atoms with Gasteiger partial charge in [-0.05, 0) is 17.9 Å². The molecular weight excluding hydrogens is 206 g/mol. The van der Waals surface area contributed by atoms with Crippen molar-refractivity contribution in [3.8, 4) is 0 Å². The molecule has 0 heterocycles. The summed E-state index contributed by atoms with van der Waals surface area (Å²) in [6.45, 7) is 0. The third-order valence-electron chi connectivity index (χ3n) is 2.98. The van der Waals surface area contributed by atoms with Gasteiger partial charge in [0.25, 0.3) is 0 Å². The van der Waals surface area contributed by atoms with Gasteiger partial charge in [0.2, 0.25) is 0 Å². The molecule has 0 aromatic heterocycles. The number of methoxy groups -OCH3 is 2. The molecule has 0 aromatic carbocycles. The van der Waals surface area contributed by atoms with E-state index in [2.05, 4.69) is 9.47 Å². The second-order valence-electron chi connectivity index (χ2n) is 3.91. The van der Waals surface area contributed by atoms with Crippen molar-refractivity contribution in [1.82, 2.24) is 0 Å². The SMILES string of the molecule is COC(=O)[C@H]1C[C@H]1C1=C(OC)C(F)(F)C1. The highest BCUT2D eigenvalue weighted by atomic mass is 19.3. The zero-order valence-corrected chi connectivity index (χ0v) is 8.55. The van der Waals surface area contributed by atoms with Gasteiger partial charge >= 0.3 is 11.9 Å². The van der Waals surface area contributed by atoms with Crippen molar-refractivity contribution >= 4 is 5.97 Å². The summed E-state index contributed by atoms with van der Waals surface area (Å²) >= 11 is 0. The number of ether oxygens (including phenoxy) is 2. The zero-order valence-electron chi connectivity index (χ0n) is 8.55. The predicted molar refractivity (Wildman–Crippen MR) is 47.2 cm³/mol. The number of esters is 1. The summed E-state index contributed by atoms with van der Waals surface area (Å²) in [4.78, 5) is 11.1. The van der Waals surface area contributed by atoms with E-state index in [9.17, 15) is 13.6 Å². The Kier molecular flexibility index (Phi) is 2.20. The summed E-state index contributed by atoms with van der Waals surface area (Å²) in [7, 11) is 2.54. The summed E-state index contributed by atoms with van der Waals surface area (Å²) in [6.07, 6.45) is 0.319. The van der Waals surface area contributed by atoms with Crippen molar-refractivity contribution in [1.29, 1.82) is 0 Å². The van der Waals surface area contributed by atoms with Gasteiger partial charge in [-0.2, -0.15) is 8.78 Å². The van der Waals surface area contributed by atoms with E-state index in [0.29, 0.717) is 12.0 Å². The molecule has 0 bridgehead atoms. The molecule has 84 valence electrons. The summed E-state index contributed by atoms with van der Waals surface area (Å²) in [6, 6.07) is 0. The van der Waals surface area contributed by atoms with E-state index in [1.54, 1.807) is 0 Å². The fourth-order valence-electron chi connectivity index (χ4n) is 2.10. The molecule has 2 aliphatic rings. The Labute approximate surface area is 86.0 Å². The van der Waals surface area contributed by atoms with E-state index in [-0.39, 0.29) is 30.0 Å². The van der Waals surface area contributed by atoms with Gasteiger partial charge in [0.05, 0.1) is 20.1 Å². The van der Waals surface area contributed by atoms with Gasteiger partial charge in [-0.1, -0.05) is 0 Å². The Balaban J connectivity index is 2.07. The maximum atomic E-state index is 13.0. The minimum Gasteiger partial charge on any atom is -0.495 e. The largest absolute Gasteiger partial charge is 0.495 e. The van der Waals surface area contributed by atoms with Gasteiger partial charge in [0.1, 0.15) is 0 Å². The van der Waals surface area contributed by atoms with Crippen LogP contribution < -0.4 is 0 Å². The van der Waals surface area contributed by atoms with Crippen LogP contribution in [0.2, 0.25) is 0 Å². The molecule has 0 amide bonds. The normalized spacial score (nSPS) is 32.0. The van der Waals surface area contributed by atoms with Gasteiger partial charge in [0.15, 0.2) is 5.76 Å². The first-order chi connectivity index (χ1) is 7.01. The van der Waals surface area contributed by atoms with Crippen LogP contribution in [0, 0.1) is 11.8 Å². The molecule has 2 atom stereocenters. The molecule has 0 aliphatic heterocycles. The average molecular weight is 218 g/mol. The summed E-state index contributed by atoms with van der Waals surface area (Å²) in [5, 5.41) is 0. The highest BCUT2D eigenvalue weighted by Gasteiger charge is 2.57. The minimum atomic E-state index is -2.84. The van der Waals surface area contributed by atoms with Crippen LogP contribution in [0.5, 0.6) is 0 Å². The molecule has 0 spiro atoms. The number of allylic oxidation sites excluding steroid dienone is 2. The van der Waals surface area contributed by atoms with Crippen LogP contribution in [0.4, 0.5) is 8.78 Å². The average Bonchev–Trinajstić information content (AvgIpc) is 2.93. The van der Waals surface area contributed by atoms with E-state index in [0.717, 1.165) is 0 Å². The van der Waals surface area contributed by atoms with E-state index in [4.69, 9.17) is 0 Å². The standard InChI is InChI=1S/C10H12F2O3/c1-14-8-7(4-10(8,11)12)5-3-6(5)9(13)15-2/h5-6H,3-4H2,1-2H3/t5-,6+/m1/s1. The first-order valence-electron chi connectivity index (χ1n) is 4.74. The van der Waals surface area contributed by atoms with E-state index < -0.39 is 5.92 Å². The van der Waals surface area contributed by atoms with Gasteiger partial charge < -0.3 is 9.47 Å². The number of hydrogen-bond donors (Lipinski definition) is 0. The van der Waals surface area contributed by atoms with Crippen LogP contribution in [0.15, 0.2) is 11.3 Å². The molecule has 0 aromatic rings. The smallest absolute Gasteiger partial charge is 0.309 e. The third-order valence-corrected chi connectivity index (χ3v) is 2.98. The van der Waals surface area contributed by atoms with Crippen molar-refractivity contribution in [3.63, 3.8) is 0 Å². The summed E-state index contributed by atoms with van der Waals surface area (Å²) < 4.78 is 35.1. The van der Waals surface area contributed by atoms with Crippen LogP contribution in [0.3, 0.4) is 0 Å². The van der Waals surface area contributed by atoms with Crippen LogP contribution >= 0.6 is 0 Å². The monoisotopic (exact) mass is 218 g/mol. The van der Waals surface area contributed by atoms with Gasteiger partial charge in [-0.3, -0.25) is 4.79 Å². The first kappa shape index (κ1) is 10.4. The van der Waals surface area contributed by atoms with Crippen LogP contribution in [-0.4, -0.2) is 26.1 Å². The number of carbonyl (C=O) groups is 1. The van der Waals surface area contributed by atoms with Crippen LogP contribution in [0.1, 0.15) is 12.8 Å². The van der Waals surface area contributed by atoms with Crippen molar-refractivity contribution in [2.45, 2.75) is 18.8 Å². The van der Waals surface area contributed by atoms with Crippen molar-refractivity contribution in [3.05, 3.63) is 11.3 Å². The molecule has 1 fully saturated rings. The van der Waals surface area contributed by atoms with Crippen molar-refractivity contribution in [2.24, 2.45) is 11.8 Å². The van der Waals surface area contributed by atoms with E-state index in [1.165, 1.54) is 14.2 Å². The van der Waals surface area contributed by atoms with Crippen LogP contribution in [0.25, 0.3) is 0 Å². The Hall–Kier alpha value is -1.13. The number of alkyl halides is 2.